The summed E-state index contributed by atoms with van der Waals surface area (Å²) in [6.45, 7) is 0. The monoisotopic (exact) mass is 376 g/mol. The Labute approximate surface area is 142 Å². The van der Waals surface area contributed by atoms with E-state index in [-0.39, 0.29) is 11.8 Å². The number of amides is 1. The normalized spacial score (nSPS) is 26.3. The van der Waals surface area contributed by atoms with Crippen molar-refractivity contribution >= 4 is 38.3 Å². The SMILES string of the molecule is O=C(Nc1nc(-c2ccc(Br)cc2)cs1)C1CC2CCC1C2. The molecule has 0 saturated heterocycles. The number of aromatic nitrogens is 1. The number of nitrogens with zero attached hydrogens (tertiary/aromatic N) is 1. The number of benzene rings is 1. The van der Waals surface area contributed by atoms with Crippen LogP contribution in [-0.2, 0) is 4.79 Å². The molecule has 2 saturated carbocycles. The van der Waals surface area contributed by atoms with Crippen molar-refractivity contribution in [3.63, 3.8) is 0 Å². The molecule has 2 aliphatic carbocycles. The summed E-state index contributed by atoms with van der Waals surface area (Å²) in [5.41, 5.74) is 1.99. The molecule has 22 heavy (non-hydrogen) atoms. The highest BCUT2D eigenvalue weighted by atomic mass is 79.9. The molecule has 0 radical (unpaired) electrons. The van der Waals surface area contributed by atoms with Crippen LogP contribution in [-0.4, -0.2) is 10.9 Å². The second kappa shape index (κ2) is 5.78. The Balaban J connectivity index is 1.45. The van der Waals surface area contributed by atoms with Gasteiger partial charge in [0, 0.05) is 21.3 Å². The van der Waals surface area contributed by atoms with Crippen molar-refractivity contribution in [3.05, 3.63) is 34.1 Å². The van der Waals surface area contributed by atoms with E-state index in [0.717, 1.165) is 28.1 Å². The minimum atomic E-state index is 0.170. The molecule has 0 spiro atoms. The first-order chi connectivity index (χ1) is 10.7. The van der Waals surface area contributed by atoms with E-state index in [4.69, 9.17) is 0 Å². The Kier molecular flexibility index (Phi) is 3.78. The van der Waals surface area contributed by atoms with Gasteiger partial charge < -0.3 is 5.32 Å². The number of nitrogens with one attached hydrogen (secondary N) is 1. The number of fused-ring (bicyclic) bond motifs is 2. The van der Waals surface area contributed by atoms with Crippen molar-refractivity contribution in [2.24, 2.45) is 17.8 Å². The van der Waals surface area contributed by atoms with Crippen molar-refractivity contribution in [3.8, 4) is 11.3 Å². The Morgan fingerprint density at radius 1 is 1.23 bits per heavy atom. The van der Waals surface area contributed by atoms with Gasteiger partial charge in [-0.3, -0.25) is 4.79 Å². The van der Waals surface area contributed by atoms with Gasteiger partial charge in [-0.15, -0.1) is 11.3 Å². The highest BCUT2D eigenvalue weighted by Gasteiger charge is 2.43. The third-order valence-electron chi connectivity index (χ3n) is 4.95. The average Bonchev–Trinajstić information content (AvgIpc) is 3.24. The van der Waals surface area contributed by atoms with Crippen LogP contribution < -0.4 is 5.32 Å². The summed E-state index contributed by atoms with van der Waals surface area (Å²) < 4.78 is 1.05. The molecule has 1 aromatic carbocycles. The van der Waals surface area contributed by atoms with E-state index in [9.17, 15) is 4.79 Å². The van der Waals surface area contributed by atoms with Crippen LogP contribution in [0, 0.1) is 17.8 Å². The number of thiazole rings is 1. The molecule has 2 bridgehead atoms. The van der Waals surface area contributed by atoms with Gasteiger partial charge >= 0.3 is 0 Å². The summed E-state index contributed by atoms with van der Waals surface area (Å²) in [7, 11) is 0. The molecule has 3 atom stereocenters. The number of halogens is 1. The van der Waals surface area contributed by atoms with Gasteiger partial charge in [0.25, 0.3) is 0 Å². The topological polar surface area (TPSA) is 42.0 Å². The van der Waals surface area contributed by atoms with Crippen LogP contribution in [0.5, 0.6) is 0 Å². The zero-order chi connectivity index (χ0) is 15.1. The second-order valence-corrected chi connectivity index (χ2v) is 8.09. The van der Waals surface area contributed by atoms with Crippen LogP contribution in [0.3, 0.4) is 0 Å². The first-order valence-electron chi connectivity index (χ1n) is 7.71. The van der Waals surface area contributed by atoms with Gasteiger partial charge in [-0.1, -0.05) is 34.5 Å². The number of anilines is 1. The molecule has 1 N–H and O–H groups in total. The van der Waals surface area contributed by atoms with Crippen molar-refractivity contribution in [1.82, 2.24) is 4.98 Å². The molecule has 4 rings (SSSR count). The first-order valence-corrected chi connectivity index (χ1v) is 9.38. The van der Waals surface area contributed by atoms with Gasteiger partial charge in [-0.05, 0) is 43.2 Å². The number of rotatable bonds is 3. The molecule has 3 nitrogen and oxygen atoms in total. The summed E-state index contributed by atoms with van der Waals surface area (Å²) in [5, 5.41) is 5.74. The number of hydrogen-bond acceptors (Lipinski definition) is 3. The number of hydrogen-bond donors (Lipinski definition) is 1. The van der Waals surface area contributed by atoms with Crippen LogP contribution in [0.2, 0.25) is 0 Å². The van der Waals surface area contributed by atoms with Crippen LogP contribution in [0.25, 0.3) is 11.3 Å². The molecule has 0 aliphatic heterocycles. The van der Waals surface area contributed by atoms with Crippen molar-refractivity contribution in [1.29, 1.82) is 0 Å². The lowest BCUT2D eigenvalue weighted by Gasteiger charge is -2.19. The van der Waals surface area contributed by atoms with Gasteiger partial charge in [0.05, 0.1) is 5.69 Å². The van der Waals surface area contributed by atoms with Gasteiger partial charge in [-0.25, -0.2) is 4.98 Å². The van der Waals surface area contributed by atoms with Crippen LogP contribution in [0.1, 0.15) is 25.7 Å². The summed E-state index contributed by atoms with van der Waals surface area (Å²) in [6.07, 6.45) is 4.87. The molecule has 1 amide bonds. The lowest BCUT2D eigenvalue weighted by atomic mass is 9.88. The molecule has 2 aliphatic rings. The minimum absolute atomic E-state index is 0.170. The lowest BCUT2D eigenvalue weighted by Crippen LogP contribution is -2.27. The Bertz CT molecular complexity index is 697. The van der Waals surface area contributed by atoms with Crippen molar-refractivity contribution in [2.75, 3.05) is 5.32 Å². The maximum Gasteiger partial charge on any atom is 0.229 e. The summed E-state index contributed by atoms with van der Waals surface area (Å²) in [6, 6.07) is 8.06. The fraction of sp³-hybridized carbons (Fsp3) is 0.412. The van der Waals surface area contributed by atoms with Gasteiger partial charge in [0.1, 0.15) is 0 Å². The number of carbonyl (C=O) groups excluding carboxylic acids is 1. The fourth-order valence-corrected chi connectivity index (χ4v) is 4.84. The molecule has 3 unspecified atom stereocenters. The van der Waals surface area contributed by atoms with E-state index in [2.05, 4.69) is 26.2 Å². The van der Waals surface area contributed by atoms with E-state index in [0.29, 0.717) is 11.0 Å². The predicted molar refractivity (Wildman–Crippen MR) is 92.8 cm³/mol. The van der Waals surface area contributed by atoms with Gasteiger partial charge in [0.2, 0.25) is 5.91 Å². The Morgan fingerprint density at radius 2 is 2.05 bits per heavy atom. The van der Waals surface area contributed by atoms with E-state index in [1.165, 1.54) is 30.6 Å². The van der Waals surface area contributed by atoms with Crippen molar-refractivity contribution in [2.45, 2.75) is 25.7 Å². The molecule has 5 heteroatoms. The predicted octanol–water partition coefficient (Wildman–Crippen LogP) is 4.95. The lowest BCUT2D eigenvalue weighted by molar-refractivity contribution is -0.121. The largest absolute Gasteiger partial charge is 0.302 e. The van der Waals surface area contributed by atoms with E-state index < -0.39 is 0 Å². The first kappa shape index (κ1) is 14.4. The minimum Gasteiger partial charge on any atom is -0.302 e. The molecule has 2 aromatic rings. The highest BCUT2D eigenvalue weighted by molar-refractivity contribution is 9.10. The molecule has 1 aromatic heterocycles. The van der Waals surface area contributed by atoms with Crippen LogP contribution in [0.15, 0.2) is 34.1 Å². The summed E-state index contributed by atoms with van der Waals surface area (Å²) in [4.78, 5) is 17.0. The van der Waals surface area contributed by atoms with E-state index in [1.54, 1.807) is 0 Å². The molecular weight excluding hydrogens is 360 g/mol. The maximum absolute atomic E-state index is 12.4. The Morgan fingerprint density at radius 3 is 2.73 bits per heavy atom. The number of carbonyl (C=O) groups is 1. The molecule has 114 valence electrons. The van der Waals surface area contributed by atoms with Gasteiger partial charge in [-0.2, -0.15) is 0 Å². The van der Waals surface area contributed by atoms with Crippen molar-refractivity contribution < 1.29 is 4.79 Å². The van der Waals surface area contributed by atoms with Crippen LogP contribution in [0.4, 0.5) is 5.13 Å². The third kappa shape index (κ3) is 2.72. The van der Waals surface area contributed by atoms with Gasteiger partial charge in [0.15, 0.2) is 5.13 Å². The van der Waals surface area contributed by atoms with E-state index >= 15 is 0 Å². The highest BCUT2D eigenvalue weighted by Crippen LogP contribution is 2.48. The zero-order valence-corrected chi connectivity index (χ0v) is 14.5. The second-order valence-electron chi connectivity index (χ2n) is 6.32. The fourth-order valence-electron chi connectivity index (χ4n) is 3.85. The zero-order valence-electron chi connectivity index (χ0n) is 12.1. The average molecular weight is 377 g/mol. The summed E-state index contributed by atoms with van der Waals surface area (Å²) >= 11 is 4.94. The molecule has 1 heterocycles. The molecular formula is C17H17BrN2OS. The standard InChI is InChI=1S/C17H17BrN2OS/c18-13-5-3-11(4-6-13)15-9-22-17(19-15)20-16(21)14-8-10-1-2-12(14)7-10/h3-6,9-10,12,14H,1-2,7-8H2,(H,19,20,21). The van der Waals surface area contributed by atoms with Crippen LogP contribution >= 0.6 is 27.3 Å². The quantitative estimate of drug-likeness (QED) is 0.823. The smallest absolute Gasteiger partial charge is 0.229 e. The summed E-state index contributed by atoms with van der Waals surface area (Å²) in [5.74, 6) is 1.77. The molecule has 2 fully saturated rings. The maximum atomic E-state index is 12.4. The Hall–Kier alpha value is -1.20. The third-order valence-corrected chi connectivity index (χ3v) is 6.24. The van der Waals surface area contributed by atoms with E-state index in [1.807, 2.05) is 29.6 Å².